The Morgan fingerprint density at radius 2 is 2.46 bits per heavy atom. The van der Waals surface area contributed by atoms with Gasteiger partial charge in [0.15, 0.2) is 4.73 Å². The third-order valence-corrected chi connectivity index (χ3v) is 2.23. The molecule has 0 aromatic carbocycles. The van der Waals surface area contributed by atoms with Crippen molar-refractivity contribution in [2.24, 2.45) is 4.99 Å². The fraction of sp³-hybridized carbons (Fsp3) is 0. The number of rotatable bonds is 1. The number of hydrogen-bond acceptors (Lipinski definition) is 3. The summed E-state index contributed by atoms with van der Waals surface area (Å²) in [6, 6.07) is 3.47. The number of aliphatic imine (C=N–C) groups is 1. The van der Waals surface area contributed by atoms with Crippen LogP contribution in [-0.4, -0.2) is 15.5 Å². The molecule has 0 fully saturated rings. The zero-order valence-electron chi connectivity index (χ0n) is 6.44. The van der Waals surface area contributed by atoms with E-state index in [1.165, 1.54) is 6.08 Å². The third kappa shape index (κ3) is 1.39. The lowest BCUT2D eigenvalue weighted by molar-refractivity contribution is 0.565. The van der Waals surface area contributed by atoms with E-state index in [-0.39, 0.29) is 0 Å². The van der Waals surface area contributed by atoms with E-state index < -0.39 is 0 Å². The molecule has 2 heterocycles. The first-order chi connectivity index (χ1) is 6.31. The van der Waals surface area contributed by atoms with Gasteiger partial charge in [-0.15, -0.1) is 0 Å². The van der Waals surface area contributed by atoms with Gasteiger partial charge in [-0.1, -0.05) is 0 Å². The van der Waals surface area contributed by atoms with Crippen molar-refractivity contribution in [2.75, 3.05) is 0 Å². The van der Waals surface area contributed by atoms with Gasteiger partial charge >= 0.3 is 0 Å². The van der Waals surface area contributed by atoms with Gasteiger partial charge in [-0.2, -0.15) is 4.99 Å². The summed E-state index contributed by atoms with van der Waals surface area (Å²) in [6.07, 6.45) is 4.96. The molecule has 0 unspecified atom stereocenters. The van der Waals surface area contributed by atoms with Crippen LogP contribution in [-0.2, 0) is 4.79 Å². The van der Waals surface area contributed by atoms with Crippen LogP contribution in [0.4, 0.5) is 5.69 Å². The predicted octanol–water partition coefficient (Wildman–Crippen LogP) is 2.06. The number of nitrogens with zero attached hydrogens (tertiary/aromatic N) is 3. The fourth-order valence-electron chi connectivity index (χ4n) is 1.08. The lowest BCUT2D eigenvalue weighted by Crippen LogP contribution is -1.81. The van der Waals surface area contributed by atoms with Gasteiger partial charge in [0.25, 0.3) is 0 Å². The van der Waals surface area contributed by atoms with E-state index in [2.05, 4.69) is 25.9 Å². The van der Waals surface area contributed by atoms with Gasteiger partial charge in [0.2, 0.25) is 6.08 Å². The van der Waals surface area contributed by atoms with E-state index in [4.69, 9.17) is 0 Å². The standard InChI is InChI=1S/C8H4BrN3O/c9-8-10-4-7-3-6(11-5-13)1-2-12(7)8/h1-4H. The lowest BCUT2D eigenvalue weighted by atomic mass is 10.4. The molecule has 0 spiro atoms. The summed E-state index contributed by atoms with van der Waals surface area (Å²) in [6.45, 7) is 0. The van der Waals surface area contributed by atoms with Crippen LogP contribution in [0.25, 0.3) is 5.52 Å². The molecule has 0 N–H and O–H groups in total. The molecule has 0 atom stereocenters. The van der Waals surface area contributed by atoms with Crippen molar-refractivity contribution in [3.63, 3.8) is 0 Å². The van der Waals surface area contributed by atoms with Crippen LogP contribution in [0.2, 0.25) is 0 Å². The molecule has 64 valence electrons. The number of aromatic nitrogens is 2. The SMILES string of the molecule is O=C=Nc1ccn2c(Br)ncc2c1. The van der Waals surface area contributed by atoms with Crippen LogP contribution in [0.15, 0.2) is 34.3 Å². The summed E-state index contributed by atoms with van der Waals surface area (Å²) in [7, 11) is 0. The molecule has 2 aromatic rings. The minimum Gasteiger partial charge on any atom is -0.294 e. The molecule has 0 bridgehead atoms. The van der Waals surface area contributed by atoms with E-state index in [1.54, 1.807) is 24.5 Å². The summed E-state index contributed by atoms with van der Waals surface area (Å²) >= 11 is 3.27. The highest BCUT2D eigenvalue weighted by molar-refractivity contribution is 9.10. The molecule has 0 amide bonds. The Morgan fingerprint density at radius 3 is 3.23 bits per heavy atom. The second-order valence-corrected chi connectivity index (χ2v) is 3.12. The Labute approximate surface area is 82.1 Å². The molecule has 2 rings (SSSR count). The first-order valence-corrected chi connectivity index (χ1v) is 4.31. The zero-order chi connectivity index (χ0) is 9.26. The zero-order valence-corrected chi connectivity index (χ0v) is 8.02. The average Bonchev–Trinajstić information content (AvgIpc) is 2.48. The molecule has 5 heteroatoms. The van der Waals surface area contributed by atoms with Gasteiger partial charge in [-0.05, 0) is 28.1 Å². The average molecular weight is 238 g/mol. The van der Waals surface area contributed by atoms with Crippen molar-refractivity contribution >= 4 is 33.2 Å². The molecule has 13 heavy (non-hydrogen) atoms. The van der Waals surface area contributed by atoms with Gasteiger partial charge < -0.3 is 0 Å². The molecule has 0 aliphatic heterocycles. The summed E-state index contributed by atoms with van der Waals surface area (Å²) < 4.78 is 2.56. The van der Waals surface area contributed by atoms with E-state index in [0.29, 0.717) is 5.69 Å². The van der Waals surface area contributed by atoms with E-state index in [1.807, 2.05) is 4.40 Å². The molecule has 0 radical (unpaired) electrons. The molecule has 0 saturated heterocycles. The van der Waals surface area contributed by atoms with Gasteiger partial charge in [-0.3, -0.25) is 4.40 Å². The van der Waals surface area contributed by atoms with Crippen molar-refractivity contribution in [2.45, 2.75) is 0 Å². The van der Waals surface area contributed by atoms with Gasteiger partial charge in [0.05, 0.1) is 17.4 Å². The quantitative estimate of drug-likeness (QED) is 0.563. The van der Waals surface area contributed by atoms with Crippen LogP contribution in [0.5, 0.6) is 0 Å². The maximum Gasteiger partial charge on any atom is 0.240 e. The summed E-state index contributed by atoms with van der Waals surface area (Å²) in [5.74, 6) is 0. The first kappa shape index (κ1) is 8.16. The van der Waals surface area contributed by atoms with Crippen molar-refractivity contribution < 1.29 is 4.79 Å². The third-order valence-electron chi connectivity index (χ3n) is 1.65. The maximum absolute atomic E-state index is 9.99. The smallest absolute Gasteiger partial charge is 0.240 e. The first-order valence-electron chi connectivity index (χ1n) is 3.52. The molecule has 4 nitrogen and oxygen atoms in total. The van der Waals surface area contributed by atoms with Gasteiger partial charge in [-0.25, -0.2) is 9.78 Å². The van der Waals surface area contributed by atoms with E-state index in [9.17, 15) is 4.79 Å². The second kappa shape index (κ2) is 3.12. The minimum absolute atomic E-state index is 0.579. The summed E-state index contributed by atoms with van der Waals surface area (Å²) in [5.41, 5.74) is 1.46. The Morgan fingerprint density at radius 1 is 1.62 bits per heavy atom. The topological polar surface area (TPSA) is 46.7 Å². The van der Waals surface area contributed by atoms with Crippen molar-refractivity contribution in [1.29, 1.82) is 0 Å². The number of hydrogen-bond donors (Lipinski definition) is 0. The molecule has 0 aliphatic rings. The monoisotopic (exact) mass is 237 g/mol. The van der Waals surface area contributed by atoms with E-state index >= 15 is 0 Å². The lowest BCUT2D eigenvalue weighted by Gasteiger charge is -1.94. The van der Waals surface area contributed by atoms with Crippen molar-refractivity contribution in [1.82, 2.24) is 9.38 Å². The summed E-state index contributed by atoms with van der Waals surface area (Å²) in [4.78, 5) is 17.5. The number of halogens is 1. The highest BCUT2D eigenvalue weighted by Gasteiger charge is 1.99. The van der Waals surface area contributed by atoms with Gasteiger partial charge in [0.1, 0.15) is 0 Å². The number of fused-ring (bicyclic) bond motifs is 1. The Kier molecular flexibility index (Phi) is 1.96. The highest BCUT2D eigenvalue weighted by Crippen LogP contribution is 2.18. The molecule has 0 aliphatic carbocycles. The number of pyridine rings is 1. The fourth-order valence-corrected chi connectivity index (χ4v) is 1.50. The highest BCUT2D eigenvalue weighted by atomic mass is 79.9. The van der Waals surface area contributed by atoms with Crippen LogP contribution in [0, 0.1) is 0 Å². The van der Waals surface area contributed by atoms with Crippen LogP contribution in [0.3, 0.4) is 0 Å². The Hall–Kier alpha value is -1.45. The van der Waals surface area contributed by atoms with Gasteiger partial charge in [0, 0.05) is 6.20 Å². The number of carbonyl (C=O) groups excluding carboxylic acids is 1. The number of isocyanates is 1. The minimum atomic E-state index is 0.579. The van der Waals surface area contributed by atoms with Crippen LogP contribution < -0.4 is 0 Å². The molecular weight excluding hydrogens is 234 g/mol. The maximum atomic E-state index is 9.99. The van der Waals surface area contributed by atoms with E-state index in [0.717, 1.165) is 10.3 Å². The Bertz CT molecular complexity index is 499. The van der Waals surface area contributed by atoms with Crippen molar-refractivity contribution in [3.8, 4) is 0 Å². The van der Waals surface area contributed by atoms with Crippen LogP contribution >= 0.6 is 15.9 Å². The largest absolute Gasteiger partial charge is 0.294 e. The van der Waals surface area contributed by atoms with Crippen molar-refractivity contribution in [3.05, 3.63) is 29.3 Å². The Balaban J connectivity index is 2.69. The molecule has 0 saturated carbocycles. The molecular formula is C8H4BrN3O. The van der Waals surface area contributed by atoms with Crippen LogP contribution in [0.1, 0.15) is 0 Å². The summed E-state index contributed by atoms with van der Waals surface area (Å²) in [5, 5.41) is 0. The predicted molar refractivity (Wildman–Crippen MR) is 50.7 cm³/mol. The second-order valence-electron chi connectivity index (χ2n) is 2.41. The molecule has 2 aromatic heterocycles. The number of imidazole rings is 1. The normalized spacial score (nSPS) is 9.92.